The third-order valence-electron chi connectivity index (χ3n) is 7.20. The molecule has 0 unspecified atom stereocenters. The lowest BCUT2D eigenvalue weighted by Crippen LogP contribution is -2.50. The van der Waals surface area contributed by atoms with Crippen LogP contribution in [-0.2, 0) is 21.5 Å². The number of carbonyl (C=O) groups excluding carboxylic acids is 2. The maximum Gasteiger partial charge on any atom is 0.410 e. The van der Waals surface area contributed by atoms with Crippen molar-refractivity contribution >= 4 is 17.6 Å². The number of benzene rings is 2. The van der Waals surface area contributed by atoms with Crippen LogP contribution in [0.25, 0.3) is 0 Å². The maximum absolute atomic E-state index is 13.3. The molecule has 0 aromatic heterocycles. The molecule has 5 rings (SSSR count). The lowest BCUT2D eigenvalue weighted by molar-refractivity contribution is -0.114. The third-order valence-corrected chi connectivity index (χ3v) is 7.20. The number of carbonyl (C=O) groups is 2. The van der Waals surface area contributed by atoms with Gasteiger partial charge in [0.25, 0.3) is 0 Å². The standard InChI is InChI=1S/C29H32N2O4/c1-19(32)22-14-15-25-29(16-17-30(26(22)29)27(33)35-28(2,3)4)23-8-6-7-9-24(23)31(25)18-20-10-12-21(34-5)13-11-20/h6-15,26H,16-18H2,1-5H3/t26-,29-/m0/s1. The second kappa shape index (κ2) is 8.29. The molecule has 1 aliphatic carbocycles. The van der Waals surface area contributed by atoms with Crippen LogP contribution in [-0.4, -0.2) is 42.1 Å². The molecule has 35 heavy (non-hydrogen) atoms. The first-order valence-electron chi connectivity index (χ1n) is 12.1. The van der Waals surface area contributed by atoms with Gasteiger partial charge in [0.1, 0.15) is 11.4 Å². The smallest absolute Gasteiger partial charge is 0.410 e. The second-order valence-corrected chi connectivity index (χ2v) is 10.5. The summed E-state index contributed by atoms with van der Waals surface area (Å²) in [5, 5.41) is 0. The van der Waals surface area contributed by atoms with Gasteiger partial charge in [-0.15, -0.1) is 0 Å². The van der Waals surface area contributed by atoms with Crippen LogP contribution >= 0.6 is 0 Å². The molecule has 2 aliphatic heterocycles. The molecule has 1 amide bonds. The van der Waals surface area contributed by atoms with Crippen LogP contribution in [0.5, 0.6) is 5.75 Å². The summed E-state index contributed by atoms with van der Waals surface area (Å²) >= 11 is 0. The van der Waals surface area contributed by atoms with Gasteiger partial charge in [0.2, 0.25) is 0 Å². The van der Waals surface area contributed by atoms with Gasteiger partial charge in [-0.1, -0.05) is 36.4 Å². The van der Waals surface area contributed by atoms with Crippen molar-refractivity contribution in [2.45, 2.75) is 57.7 Å². The Hall–Kier alpha value is -3.54. The zero-order valence-electron chi connectivity index (χ0n) is 21.0. The highest BCUT2D eigenvalue weighted by molar-refractivity contribution is 5.98. The first-order chi connectivity index (χ1) is 16.7. The van der Waals surface area contributed by atoms with Crippen molar-refractivity contribution in [2.24, 2.45) is 0 Å². The molecule has 6 nitrogen and oxygen atoms in total. The van der Waals surface area contributed by atoms with E-state index in [4.69, 9.17) is 9.47 Å². The number of ketones is 1. The molecule has 2 aromatic rings. The Balaban J connectivity index is 1.61. The number of hydrogen-bond acceptors (Lipinski definition) is 5. The molecule has 0 bridgehead atoms. The zero-order valence-corrected chi connectivity index (χ0v) is 21.0. The van der Waals surface area contributed by atoms with Gasteiger partial charge in [-0.05, 0) is 69.5 Å². The molecule has 0 radical (unpaired) electrons. The number of methoxy groups -OCH3 is 1. The number of amides is 1. The summed E-state index contributed by atoms with van der Waals surface area (Å²) in [6, 6.07) is 16.1. The van der Waals surface area contributed by atoms with Crippen LogP contribution in [0.4, 0.5) is 10.5 Å². The summed E-state index contributed by atoms with van der Waals surface area (Å²) < 4.78 is 11.1. The van der Waals surface area contributed by atoms with E-state index >= 15 is 0 Å². The summed E-state index contributed by atoms with van der Waals surface area (Å²) in [6.45, 7) is 8.38. The summed E-state index contributed by atoms with van der Waals surface area (Å²) in [4.78, 5) is 30.3. The minimum absolute atomic E-state index is 0.0220. The minimum Gasteiger partial charge on any atom is -0.497 e. The van der Waals surface area contributed by atoms with Crippen LogP contribution in [0.3, 0.4) is 0 Å². The highest BCUT2D eigenvalue weighted by atomic mass is 16.6. The van der Waals surface area contributed by atoms with Gasteiger partial charge < -0.3 is 14.4 Å². The van der Waals surface area contributed by atoms with E-state index < -0.39 is 17.1 Å². The van der Waals surface area contributed by atoms with E-state index in [0.717, 1.165) is 34.7 Å². The van der Waals surface area contributed by atoms with Crippen LogP contribution in [0.15, 0.2) is 72.0 Å². The summed E-state index contributed by atoms with van der Waals surface area (Å²) in [5.74, 6) is 0.799. The molecule has 2 heterocycles. The lowest BCUT2D eigenvalue weighted by atomic mass is 9.68. The highest BCUT2D eigenvalue weighted by Gasteiger charge is 2.61. The summed E-state index contributed by atoms with van der Waals surface area (Å²) in [5.41, 5.74) is 4.09. The lowest BCUT2D eigenvalue weighted by Gasteiger charge is -2.41. The van der Waals surface area contributed by atoms with Crippen molar-refractivity contribution in [2.75, 3.05) is 18.6 Å². The summed E-state index contributed by atoms with van der Waals surface area (Å²) in [7, 11) is 1.66. The van der Waals surface area contributed by atoms with Crippen LogP contribution < -0.4 is 9.64 Å². The zero-order chi connectivity index (χ0) is 25.0. The third kappa shape index (κ3) is 3.72. The number of para-hydroxylation sites is 1. The molecule has 3 aliphatic rings. The fourth-order valence-electron chi connectivity index (χ4n) is 5.82. The van der Waals surface area contributed by atoms with Crippen LogP contribution in [0.1, 0.15) is 45.2 Å². The summed E-state index contributed by atoms with van der Waals surface area (Å²) in [6.07, 6.45) is 4.33. The van der Waals surface area contributed by atoms with E-state index in [0.29, 0.717) is 18.7 Å². The van der Waals surface area contributed by atoms with Gasteiger partial charge >= 0.3 is 6.09 Å². The predicted molar refractivity (Wildman–Crippen MR) is 135 cm³/mol. The normalized spacial score (nSPS) is 22.6. The average Bonchev–Trinajstić information content (AvgIpc) is 3.34. The van der Waals surface area contributed by atoms with Gasteiger partial charge in [-0.25, -0.2) is 4.79 Å². The monoisotopic (exact) mass is 472 g/mol. The highest BCUT2D eigenvalue weighted by Crippen LogP contribution is 2.59. The largest absolute Gasteiger partial charge is 0.497 e. The molecule has 1 fully saturated rings. The number of anilines is 1. The quantitative estimate of drug-likeness (QED) is 0.598. The van der Waals surface area contributed by atoms with Crippen LogP contribution in [0, 0.1) is 0 Å². The van der Waals surface area contributed by atoms with Crippen molar-refractivity contribution in [1.29, 1.82) is 0 Å². The molecule has 0 N–H and O–H groups in total. The first kappa shape index (κ1) is 23.2. The number of nitrogens with zero attached hydrogens (tertiary/aromatic N) is 2. The van der Waals surface area contributed by atoms with Crippen LogP contribution in [0.2, 0.25) is 0 Å². The Morgan fingerprint density at radius 2 is 1.77 bits per heavy atom. The Morgan fingerprint density at radius 1 is 1.06 bits per heavy atom. The number of likely N-dealkylation sites (tertiary alicyclic amines) is 1. The fraction of sp³-hybridized carbons (Fsp3) is 0.379. The Morgan fingerprint density at radius 3 is 2.43 bits per heavy atom. The fourth-order valence-corrected chi connectivity index (χ4v) is 5.82. The van der Waals surface area contributed by atoms with Gasteiger partial charge in [0.15, 0.2) is 5.78 Å². The number of hydrogen-bond donors (Lipinski definition) is 0. The topological polar surface area (TPSA) is 59.1 Å². The van der Waals surface area contributed by atoms with E-state index in [1.54, 1.807) is 18.9 Å². The molecule has 1 saturated heterocycles. The molecule has 6 heteroatoms. The molecule has 0 saturated carbocycles. The molecule has 2 aromatic carbocycles. The van der Waals surface area contributed by atoms with E-state index in [2.05, 4.69) is 35.2 Å². The second-order valence-electron chi connectivity index (χ2n) is 10.5. The van der Waals surface area contributed by atoms with Gasteiger partial charge in [-0.2, -0.15) is 0 Å². The van der Waals surface area contributed by atoms with Crippen molar-refractivity contribution < 1.29 is 19.1 Å². The van der Waals surface area contributed by atoms with Crippen molar-refractivity contribution in [3.63, 3.8) is 0 Å². The molecular formula is C29H32N2O4. The van der Waals surface area contributed by atoms with E-state index in [-0.39, 0.29) is 11.9 Å². The Kier molecular flexibility index (Phi) is 5.50. The maximum atomic E-state index is 13.3. The Bertz CT molecular complexity index is 1240. The minimum atomic E-state index is -0.617. The first-order valence-corrected chi connectivity index (χ1v) is 12.1. The number of ether oxygens (including phenoxy) is 2. The van der Waals surface area contributed by atoms with E-state index in [1.165, 1.54) is 0 Å². The molecular weight excluding hydrogens is 440 g/mol. The molecule has 1 spiro atoms. The van der Waals surface area contributed by atoms with Crippen molar-refractivity contribution in [3.05, 3.63) is 83.1 Å². The number of fused-ring (bicyclic) bond motifs is 1. The van der Waals surface area contributed by atoms with E-state index in [1.807, 2.05) is 51.1 Å². The molecule has 2 atom stereocenters. The predicted octanol–water partition coefficient (Wildman–Crippen LogP) is 5.38. The number of Topliss-reactive ketones (excluding diaryl/α,β-unsaturated/α-hetero) is 1. The Labute approximate surface area is 206 Å². The number of rotatable bonds is 4. The number of allylic oxidation sites excluding steroid dienone is 2. The van der Waals surface area contributed by atoms with Gasteiger partial charge in [0.05, 0.1) is 18.6 Å². The van der Waals surface area contributed by atoms with Crippen molar-refractivity contribution in [3.8, 4) is 5.75 Å². The average molecular weight is 473 g/mol. The van der Waals surface area contributed by atoms with Gasteiger partial charge in [0, 0.05) is 30.0 Å². The van der Waals surface area contributed by atoms with E-state index in [9.17, 15) is 9.59 Å². The van der Waals surface area contributed by atoms with Gasteiger partial charge in [-0.3, -0.25) is 9.69 Å². The molecule has 182 valence electrons. The SMILES string of the molecule is COc1ccc(CN2C3=CC=C(C(C)=O)[C@@H]4N(C(=O)OC(C)(C)C)CC[C@]34c3ccccc32)cc1. The van der Waals surface area contributed by atoms with Crippen molar-refractivity contribution in [1.82, 2.24) is 4.90 Å².